The Bertz CT molecular complexity index is 1010. The summed E-state index contributed by atoms with van der Waals surface area (Å²) >= 11 is 0. The first-order valence-electron chi connectivity index (χ1n) is 27.0. The SMILES string of the molecule is CCCCCCCCCCCCCC/C=C\CCCCCCCCCC(O)C(=O)NC(COC1OC(CO)C(O)C(O)C1O)C(O)CCCCCCCCCCCCCCCCC. The zero-order valence-corrected chi connectivity index (χ0v) is 41.0. The van der Waals surface area contributed by atoms with Crippen LogP contribution in [-0.4, -0.2) is 98.7 Å². The number of amides is 1. The minimum Gasteiger partial charge on any atom is -0.394 e. The molecule has 10 heteroatoms. The van der Waals surface area contributed by atoms with Crippen LogP contribution in [0.5, 0.6) is 0 Å². The Kier molecular flexibility index (Phi) is 41.3. The maximum absolute atomic E-state index is 13.1. The fourth-order valence-electron chi connectivity index (χ4n) is 8.81. The summed E-state index contributed by atoms with van der Waals surface area (Å²) in [5.41, 5.74) is 0. The van der Waals surface area contributed by atoms with Gasteiger partial charge in [-0.2, -0.15) is 0 Å². The lowest BCUT2D eigenvalue weighted by molar-refractivity contribution is -0.302. The van der Waals surface area contributed by atoms with Crippen LogP contribution in [0.25, 0.3) is 0 Å². The van der Waals surface area contributed by atoms with Gasteiger partial charge in [0.25, 0.3) is 0 Å². The smallest absolute Gasteiger partial charge is 0.249 e. The molecule has 1 rings (SSSR count). The molecule has 8 atom stereocenters. The van der Waals surface area contributed by atoms with Gasteiger partial charge < -0.3 is 45.4 Å². The minimum absolute atomic E-state index is 0.254. The summed E-state index contributed by atoms with van der Waals surface area (Å²) in [5.74, 6) is -0.584. The largest absolute Gasteiger partial charge is 0.394 e. The van der Waals surface area contributed by atoms with E-state index in [4.69, 9.17) is 9.47 Å². The van der Waals surface area contributed by atoms with Crippen LogP contribution in [0, 0.1) is 0 Å². The number of hydrogen-bond acceptors (Lipinski definition) is 9. The zero-order valence-electron chi connectivity index (χ0n) is 41.0. The Labute approximate surface area is 387 Å². The molecule has 1 heterocycles. The van der Waals surface area contributed by atoms with Crippen LogP contribution in [0.4, 0.5) is 0 Å². The monoisotopic (exact) mass is 898 g/mol. The van der Waals surface area contributed by atoms with Gasteiger partial charge in [-0.25, -0.2) is 0 Å². The Balaban J connectivity index is 2.27. The number of unbranched alkanes of at least 4 members (excludes halogenated alkanes) is 33. The molecule has 0 radical (unpaired) electrons. The molecule has 0 spiro atoms. The van der Waals surface area contributed by atoms with Crippen LogP contribution in [0.1, 0.15) is 258 Å². The van der Waals surface area contributed by atoms with Crippen molar-refractivity contribution in [3.63, 3.8) is 0 Å². The third kappa shape index (κ3) is 33.1. The number of carbonyl (C=O) groups is 1. The van der Waals surface area contributed by atoms with Crippen molar-refractivity contribution in [2.24, 2.45) is 0 Å². The first kappa shape index (κ1) is 59.9. The fourth-order valence-corrected chi connectivity index (χ4v) is 8.81. The van der Waals surface area contributed by atoms with Gasteiger partial charge in [0.2, 0.25) is 5.91 Å². The topological polar surface area (TPSA) is 169 Å². The van der Waals surface area contributed by atoms with Gasteiger partial charge in [-0.3, -0.25) is 4.79 Å². The first-order chi connectivity index (χ1) is 30.8. The Morgan fingerprint density at radius 1 is 0.524 bits per heavy atom. The van der Waals surface area contributed by atoms with Crippen molar-refractivity contribution in [3.05, 3.63) is 12.2 Å². The molecule has 1 aliphatic heterocycles. The molecule has 1 saturated heterocycles. The number of aliphatic hydroxyl groups is 6. The number of rotatable bonds is 46. The molecule has 7 N–H and O–H groups in total. The second-order valence-electron chi connectivity index (χ2n) is 19.2. The maximum Gasteiger partial charge on any atom is 0.249 e. The summed E-state index contributed by atoms with van der Waals surface area (Å²) < 4.78 is 11.2. The van der Waals surface area contributed by atoms with E-state index in [0.29, 0.717) is 12.8 Å². The second kappa shape index (κ2) is 43.5. The molecule has 1 aliphatic rings. The summed E-state index contributed by atoms with van der Waals surface area (Å²) in [5, 5.41) is 65.1. The molecular formula is C53H103NO9. The van der Waals surface area contributed by atoms with Crippen LogP contribution in [0.2, 0.25) is 0 Å². The van der Waals surface area contributed by atoms with E-state index in [1.807, 2.05) is 0 Å². The van der Waals surface area contributed by atoms with E-state index in [0.717, 1.165) is 57.8 Å². The lowest BCUT2D eigenvalue weighted by Gasteiger charge is -2.40. The molecule has 0 bridgehead atoms. The van der Waals surface area contributed by atoms with Crippen molar-refractivity contribution < 1.29 is 44.9 Å². The van der Waals surface area contributed by atoms with Gasteiger partial charge in [0.05, 0.1) is 25.4 Å². The Hall–Kier alpha value is -1.11. The van der Waals surface area contributed by atoms with Crippen molar-refractivity contribution in [3.8, 4) is 0 Å². The molecule has 0 aromatic carbocycles. The van der Waals surface area contributed by atoms with Gasteiger partial charge in [0.1, 0.15) is 30.5 Å². The van der Waals surface area contributed by atoms with E-state index < -0.39 is 61.5 Å². The summed E-state index contributed by atoms with van der Waals surface area (Å²) in [6.45, 7) is 3.69. The minimum atomic E-state index is -1.60. The molecule has 0 aromatic heterocycles. The molecule has 8 unspecified atom stereocenters. The molecule has 1 fully saturated rings. The lowest BCUT2D eigenvalue weighted by atomic mass is 9.99. The highest BCUT2D eigenvalue weighted by Crippen LogP contribution is 2.23. The average molecular weight is 898 g/mol. The molecule has 374 valence electrons. The van der Waals surface area contributed by atoms with Crippen molar-refractivity contribution in [2.75, 3.05) is 13.2 Å². The molecule has 10 nitrogen and oxygen atoms in total. The van der Waals surface area contributed by atoms with Gasteiger partial charge >= 0.3 is 0 Å². The summed E-state index contributed by atoms with van der Waals surface area (Å²) in [6, 6.07) is -0.893. The van der Waals surface area contributed by atoms with Gasteiger partial charge in [0, 0.05) is 0 Å². The zero-order chi connectivity index (χ0) is 46.0. The number of aliphatic hydroxyl groups excluding tert-OH is 6. The molecule has 63 heavy (non-hydrogen) atoms. The highest BCUT2D eigenvalue weighted by atomic mass is 16.7. The Morgan fingerprint density at radius 2 is 0.889 bits per heavy atom. The quantitative estimate of drug-likeness (QED) is 0.0232. The lowest BCUT2D eigenvalue weighted by Crippen LogP contribution is -2.60. The normalized spacial score (nSPS) is 20.7. The van der Waals surface area contributed by atoms with Crippen LogP contribution in [0.3, 0.4) is 0 Å². The van der Waals surface area contributed by atoms with E-state index in [2.05, 4.69) is 31.3 Å². The molecule has 0 aromatic rings. The molecule has 0 aliphatic carbocycles. The number of hydrogen-bond donors (Lipinski definition) is 7. The van der Waals surface area contributed by atoms with Gasteiger partial charge in [-0.15, -0.1) is 0 Å². The van der Waals surface area contributed by atoms with Gasteiger partial charge in [0.15, 0.2) is 6.29 Å². The highest BCUT2D eigenvalue weighted by molar-refractivity contribution is 5.80. The maximum atomic E-state index is 13.1. The van der Waals surface area contributed by atoms with Crippen molar-refractivity contribution in [1.82, 2.24) is 5.32 Å². The number of carbonyl (C=O) groups excluding carboxylic acids is 1. The summed E-state index contributed by atoms with van der Waals surface area (Å²) in [7, 11) is 0. The van der Waals surface area contributed by atoms with Gasteiger partial charge in [-0.05, 0) is 38.5 Å². The van der Waals surface area contributed by atoms with Crippen LogP contribution in [-0.2, 0) is 14.3 Å². The summed E-state index contributed by atoms with van der Waals surface area (Å²) in [6.07, 6.45) is 41.2. The van der Waals surface area contributed by atoms with E-state index in [9.17, 15) is 35.4 Å². The summed E-state index contributed by atoms with van der Waals surface area (Å²) in [4.78, 5) is 13.1. The van der Waals surface area contributed by atoms with Crippen LogP contribution >= 0.6 is 0 Å². The van der Waals surface area contributed by atoms with E-state index in [1.54, 1.807) is 0 Å². The molecule has 1 amide bonds. The van der Waals surface area contributed by atoms with Crippen molar-refractivity contribution >= 4 is 5.91 Å². The predicted octanol–water partition coefficient (Wildman–Crippen LogP) is 11.4. The van der Waals surface area contributed by atoms with Gasteiger partial charge in [-0.1, -0.05) is 231 Å². The molecule has 0 saturated carbocycles. The van der Waals surface area contributed by atoms with E-state index >= 15 is 0 Å². The van der Waals surface area contributed by atoms with Crippen molar-refractivity contribution in [1.29, 1.82) is 0 Å². The van der Waals surface area contributed by atoms with Crippen LogP contribution < -0.4 is 5.32 Å². The molecular weight excluding hydrogens is 795 g/mol. The third-order valence-corrected chi connectivity index (χ3v) is 13.2. The van der Waals surface area contributed by atoms with E-state index in [-0.39, 0.29) is 6.61 Å². The predicted molar refractivity (Wildman–Crippen MR) is 260 cm³/mol. The van der Waals surface area contributed by atoms with Crippen LogP contribution in [0.15, 0.2) is 12.2 Å². The number of ether oxygens (including phenoxy) is 2. The Morgan fingerprint density at radius 3 is 1.29 bits per heavy atom. The number of allylic oxidation sites excluding steroid dienone is 2. The second-order valence-corrected chi connectivity index (χ2v) is 19.2. The standard InChI is InChI=1S/C53H103NO9/c1-3-5-7-9-11-13-15-17-19-20-21-22-23-24-25-26-28-30-32-34-36-38-40-42-47(57)52(61)54-45(44-62-53-51(60)50(59)49(58)48(43-55)63-53)46(56)41-39-37-35-33-31-29-27-18-16-14-12-10-8-6-4-2/h24-25,45-51,53,55-60H,3-23,26-44H2,1-2H3,(H,54,61)/b25-24-. The number of nitrogens with one attached hydrogen (secondary N) is 1. The average Bonchev–Trinajstić information content (AvgIpc) is 3.28. The van der Waals surface area contributed by atoms with E-state index in [1.165, 1.54) is 173 Å². The highest BCUT2D eigenvalue weighted by Gasteiger charge is 2.44. The third-order valence-electron chi connectivity index (χ3n) is 13.2. The van der Waals surface area contributed by atoms with Crippen molar-refractivity contribution in [2.45, 2.75) is 307 Å². The fraction of sp³-hybridized carbons (Fsp3) is 0.943. The first-order valence-corrected chi connectivity index (χ1v) is 27.0.